The van der Waals surface area contributed by atoms with Crippen LogP contribution in [-0.2, 0) is 13.1 Å². The zero-order chi connectivity index (χ0) is 14.5. The molecule has 4 heteroatoms. The van der Waals surface area contributed by atoms with Crippen LogP contribution in [0.25, 0.3) is 0 Å². The normalized spacial score (nSPS) is 10.8. The van der Waals surface area contributed by atoms with Crippen LogP contribution < -0.4 is 10.5 Å². The third-order valence-corrected chi connectivity index (χ3v) is 3.26. The van der Waals surface area contributed by atoms with Crippen LogP contribution in [0.5, 0.6) is 5.75 Å². The molecule has 0 atom stereocenters. The van der Waals surface area contributed by atoms with Gasteiger partial charge in [-0.3, -0.25) is 4.90 Å². The van der Waals surface area contributed by atoms with Crippen molar-refractivity contribution in [2.75, 3.05) is 19.9 Å². The summed E-state index contributed by atoms with van der Waals surface area (Å²) in [6.45, 7) is 1.66. The topological polar surface area (TPSA) is 38.5 Å². The van der Waals surface area contributed by atoms with Gasteiger partial charge in [-0.05, 0) is 48.5 Å². The van der Waals surface area contributed by atoms with E-state index in [0.717, 1.165) is 24.4 Å². The number of rotatable bonds is 5. The highest BCUT2D eigenvalue weighted by Crippen LogP contribution is 2.19. The maximum atomic E-state index is 6.01. The molecule has 0 aliphatic heterocycles. The van der Waals surface area contributed by atoms with Crippen LogP contribution in [0, 0.1) is 0 Å². The van der Waals surface area contributed by atoms with Crippen molar-refractivity contribution in [2.45, 2.75) is 13.1 Å². The maximum absolute atomic E-state index is 6.01. The Labute approximate surface area is 124 Å². The van der Waals surface area contributed by atoms with Crippen molar-refractivity contribution < 1.29 is 4.74 Å². The SMILES string of the molecule is COc1ccc(CN(C)Cc2cc(N)cc(Cl)c2)cc1. The molecule has 0 saturated carbocycles. The van der Waals surface area contributed by atoms with E-state index in [2.05, 4.69) is 24.1 Å². The van der Waals surface area contributed by atoms with Crippen LogP contribution in [-0.4, -0.2) is 19.1 Å². The van der Waals surface area contributed by atoms with E-state index >= 15 is 0 Å². The first kappa shape index (κ1) is 14.7. The van der Waals surface area contributed by atoms with Crippen LogP contribution in [0.1, 0.15) is 11.1 Å². The van der Waals surface area contributed by atoms with Crippen LogP contribution in [0.15, 0.2) is 42.5 Å². The van der Waals surface area contributed by atoms with Crippen molar-refractivity contribution in [3.8, 4) is 5.75 Å². The van der Waals surface area contributed by atoms with Gasteiger partial charge in [0.05, 0.1) is 7.11 Å². The summed E-state index contributed by atoms with van der Waals surface area (Å²) < 4.78 is 5.15. The van der Waals surface area contributed by atoms with Gasteiger partial charge >= 0.3 is 0 Å². The van der Waals surface area contributed by atoms with Crippen LogP contribution >= 0.6 is 11.6 Å². The summed E-state index contributed by atoms with van der Waals surface area (Å²) in [4.78, 5) is 2.22. The molecule has 0 aliphatic rings. The molecule has 0 aromatic heterocycles. The number of hydrogen-bond acceptors (Lipinski definition) is 3. The molecular formula is C16H19ClN2O. The molecule has 0 bridgehead atoms. The number of nitrogens with zero attached hydrogens (tertiary/aromatic N) is 1. The predicted molar refractivity (Wildman–Crippen MR) is 84.0 cm³/mol. The van der Waals surface area contributed by atoms with Crippen LogP contribution in [0.4, 0.5) is 5.69 Å². The maximum Gasteiger partial charge on any atom is 0.118 e. The van der Waals surface area contributed by atoms with Crippen molar-refractivity contribution in [3.05, 3.63) is 58.6 Å². The van der Waals surface area contributed by atoms with E-state index in [1.54, 1.807) is 13.2 Å². The molecule has 3 nitrogen and oxygen atoms in total. The van der Waals surface area contributed by atoms with Gasteiger partial charge in [-0.1, -0.05) is 23.7 Å². The zero-order valence-electron chi connectivity index (χ0n) is 11.8. The summed E-state index contributed by atoms with van der Waals surface area (Å²) in [6.07, 6.45) is 0. The van der Waals surface area contributed by atoms with Crippen LogP contribution in [0.2, 0.25) is 5.02 Å². The first-order chi connectivity index (χ1) is 9.56. The third kappa shape index (κ3) is 4.15. The summed E-state index contributed by atoms with van der Waals surface area (Å²) >= 11 is 6.01. The van der Waals surface area contributed by atoms with Crippen LogP contribution in [0.3, 0.4) is 0 Å². The second-order valence-electron chi connectivity index (χ2n) is 4.91. The van der Waals surface area contributed by atoms with Gasteiger partial charge in [-0.25, -0.2) is 0 Å². The largest absolute Gasteiger partial charge is 0.497 e. The summed E-state index contributed by atoms with van der Waals surface area (Å²) in [5, 5.41) is 0.679. The number of benzene rings is 2. The Kier molecular flexibility index (Phi) is 4.88. The van der Waals surface area contributed by atoms with E-state index in [-0.39, 0.29) is 0 Å². The molecule has 2 rings (SSSR count). The molecular weight excluding hydrogens is 272 g/mol. The minimum absolute atomic E-state index is 0.679. The van der Waals surface area contributed by atoms with Crippen molar-refractivity contribution in [2.24, 2.45) is 0 Å². The van der Waals surface area contributed by atoms with Crippen molar-refractivity contribution in [3.63, 3.8) is 0 Å². The second kappa shape index (κ2) is 6.64. The van der Waals surface area contributed by atoms with E-state index in [4.69, 9.17) is 22.1 Å². The third-order valence-electron chi connectivity index (χ3n) is 3.04. The Bertz CT molecular complexity index is 549. The summed E-state index contributed by atoms with van der Waals surface area (Å²) in [5.74, 6) is 0.874. The standard InChI is InChI=1S/C16H19ClN2O/c1-19(10-12-3-5-16(20-2)6-4-12)11-13-7-14(17)9-15(18)8-13/h3-9H,10-11,18H2,1-2H3. The highest BCUT2D eigenvalue weighted by Gasteiger charge is 2.04. The number of nitrogen functional groups attached to an aromatic ring is 1. The Morgan fingerprint density at radius 2 is 1.70 bits per heavy atom. The Morgan fingerprint density at radius 1 is 1.05 bits per heavy atom. The molecule has 0 fully saturated rings. The average Bonchev–Trinajstić information content (AvgIpc) is 2.38. The van der Waals surface area contributed by atoms with Gasteiger partial charge in [-0.2, -0.15) is 0 Å². The lowest BCUT2D eigenvalue weighted by Gasteiger charge is -2.17. The molecule has 20 heavy (non-hydrogen) atoms. The first-order valence-electron chi connectivity index (χ1n) is 6.43. The second-order valence-corrected chi connectivity index (χ2v) is 5.35. The average molecular weight is 291 g/mol. The van der Waals surface area contributed by atoms with Gasteiger partial charge in [0.25, 0.3) is 0 Å². The minimum atomic E-state index is 0.679. The van der Waals surface area contributed by atoms with Gasteiger partial charge in [0.2, 0.25) is 0 Å². The molecule has 0 saturated heterocycles. The molecule has 2 aromatic rings. The number of hydrogen-bond donors (Lipinski definition) is 1. The van der Waals surface area contributed by atoms with E-state index in [9.17, 15) is 0 Å². The lowest BCUT2D eigenvalue weighted by Crippen LogP contribution is -2.17. The number of anilines is 1. The van der Waals surface area contributed by atoms with E-state index in [1.165, 1.54) is 5.56 Å². The number of methoxy groups -OCH3 is 1. The molecule has 2 aromatic carbocycles. The number of nitrogens with two attached hydrogens (primary N) is 1. The van der Waals surface area contributed by atoms with E-state index in [0.29, 0.717) is 10.7 Å². The molecule has 0 radical (unpaired) electrons. The molecule has 0 spiro atoms. The fourth-order valence-corrected chi connectivity index (χ4v) is 2.44. The fourth-order valence-electron chi connectivity index (χ4n) is 2.18. The monoisotopic (exact) mass is 290 g/mol. The Balaban J connectivity index is 1.98. The van der Waals surface area contributed by atoms with Gasteiger partial charge in [-0.15, -0.1) is 0 Å². The molecule has 0 amide bonds. The smallest absolute Gasteiger partial charge is 0.118 e. The van der Waals surface area contributed by atoms with Crippen molar-refractivity contribution in [1.82, 2.24) is 4.90 Å². The summed E-state index contributed by atoms with van der Waals surface area (Å²) in [7, 11) is 3.74. The lowest BCUT2D eigenvalue weighted by molar-refractivity contribution is 0.319. The van der Waals surface area contributed by atoms with Gasteiger partial charge in [0, 0.05) is 23.8 Å². The van der Waals surface area contributed by atoms with Crippen molar-refractivity contribution >= 4 is 17.3 Å². The quantitative estimate of drug-likeness (QED) is 0.856. The Hall–Kier alpha value is -1.71. The molecule has 0 aliphatic carbocycles. The zero-order valence-corrected chi connectivity index (χ0v) is 12.5. The van der Waals surface area contributed by atoms with Gasteiger partial charge < -0.3 is 10.5 Å². The molecule has 2 N–H and O–H groups in total. The number of ether oxygens (including phenoxy) is 1. The highest BCUT2D eigenvalue weighted by molar-refractivity contribution is 6.30. The molecule has 0 unspecified atom stereocenters. The van der Waals surface area contributed by atoms with Gasteiger partial charge in [0.15, 0.2) is 0 Å². The highest BCUT2D eigenvalue weighted by atomic mass is 35.5. The molecule has 106 valence electrons. The van der Waals surface area contributed by atoms with Crippen molar-refractivity contribution in [1.29, 1.82) is 0 Å². The first-order valence-corrected chi connectivity index (χ1v) is 6.81. The van der Waals surface area contributed by atoms with E-state index in [1.807, 2.05) is 24.3 Å². The fraction of sp³-hybridized carbons (Fsp3) is 0.250. The summed E-state index contributed by atoms with van der Waals surface area (Å²) in [5.41, 5.74) is 8.86. The minimum Gasteiger partial charge on any atom is -0.497 e. The lowest BCUT2D eigenvalue weighted by atomic mass is 10.1. The van der Waals surface area contributed by atoms with Gasteiger partial charge in [0.1, 0.15) is 5.75 Å². The predicted octanol–water partition coefficient (Wildman–Crippen LogP) is 3.56. The number of halogens is 1. The Morgan fingerprint density at radius 3 is 2.30 bits per heavy atom. The molecule has 0 heterocycles. The van der Waals surface area contributed by atoms with E-state index < -0.39 is 0 Å². The summed E-state index contributed by atoms with van der Waals surface area (Å²) in [6, 6.07) is 13.7.